The van der Waals surface area contributed by atoms with Gasteiger partial charge in [-0.2, -0.15) is 0 Å². The molecule has 0 radical (unpaired) electrons. The van der Waals surface area contributed by atoms with Crippen LogP contribution in [0.15, 0.2) is 35.1 Å². The van der Waals surface area contributed by atoms with Gasteiger partial charge in [0, 0.05) is 12.1 Å². The molecule has 0 spiro atoms. The lowest BCUT2D eigenvalue weighted by Gasteiger charge is -2.17. The SMILES string of the molecule is COc1ccccc1OC(C)c1cc(=O)[nH]c(NC(C)C)n1. The number of hydrogen-bond donors (Lipinski definition) is 2. The first kappa shape index (κ1) is 15.9. The molecule has 2 aromatic rings. The molecule has 0 saturated heterocycles. The van der Waals surface area contributed by atoms with Crippen LogP contribution in [0, 0.1) is 0 Å². The highest BCUT2D eigenvalue weighted by atomic mass is 16.5. The minimum atomic E-state index is -0.383. The Balaban J connectivity index is 2.23. The number of aromatic amines is 1. The lowest BCUT2D eigenvalue weighted by atomic mass is 10.2. The van der Waals surface area contributed by atoms with Crippen molar-refractivity contribution in [2.75, 3.05) is 12.4 Å². The summed E-state index contributed by atoms with van der Waals surface area (Å²) in [4.78, 5) is 18.8. The number of nitrogens with zero attached hydrogens (tertiary/aromatic N) is 1. The summed E-state index contributed by atoms with van der Waals surface area (Å²) in [6.45, 7) is 5.79. The van der Waals surface area contributed by atoms with Crippen LogP contribution in [0.2, 0.25) is 0 Å². The zero-order valence-corrected chi connectivity index (χ0v) is 13.2. The van der Waals surface area contributed by atoms with Gasteiger partial charge in [0.05, 0.1) is 12.8 Å². The van der Waals surface area contributed by atoms with E-state index in [1.807, 2.05) is 45.0 Å². The maximum absolute atomic E-state index is 11.8. The predicted molar refractivity (Wildman–Crippen MR) is 85.7 cm³/mol. The number of rotatable bonds is 6. The molecule has 2 rings (SSSR count). The molecule has 2 N–H and O–H groups in total. The van der Waals surface area contributed by atoms with Gasteiger partial charge >= 0.3 is 0 Å². The third-order valence-corrected chi connectivity index (χ3v) is 2.98. The van der Waals surface area contributed by atoms with E-state index in [-0.39, 0.29) is 17.7 Å². The number of para-hydroxylation sites is 2. The molecular formula is C16H21N3O3. The van der Waals surface area contributed by atoms with E-state index < -0.39 is 0 Å². The van der Waals surface area contributed by atoms with Gasteiger partial charge in [-0.05, 0) is 32.9 Å². The molecule has 118 valence electrons. The minimum Gasteiger partial charge on any atom is -0.493 e. The third-order valence-electron chi connectivity index (χ3n) is 2.98. The predicted octanol–water partition coefficient (Wildman–Crippen LogP) is 2.74. The highest BCUT2D eigenvalue weighted by Gasteiger charge is 2.14. The Labute approximate surface area is 129 Å². The molecule has 0 bridgehead atoms. The Morgan fingerprint density at radius 3 is 2.50 bits per heavy atom. The molecule has 1 atom stereocenters. The van der Waals surface area contributed by atoms with Crippen molar-refractivity contribution in [2.45, 2.75) is 32.9 Å². The van der Waals surface area contributed by atoms with Crippen LogP contribution in [0.25, 0.3) is 0 Å². The lowest BCUT2D eigenvalue weighted by molar-refractivity contribution is 0.211. The summed E-state index contributed by atoms with van der Waals surface area (Å²) in [7, 11) is 1.59. The van der Waals surface area contributed by atoms with Crippen LogP contribution in [0.4, 0.5) is 5.95 Å². The summed E-state index contributed by atoms with van der Waals surface area (Å²) in [5.74, 6) is 1.69. The zero-order chi connectivity index (χ0) is 16.1. The summed E-state index contributed by atoms with van der Waals surface area (Å²) in [6, 6.07) is 8.97. The van der Waals surface area contributed by atoms with Gasteiger partial charge in [0.1, 0.15) is 6.10 Å². The van der Waals surface area contributed by atoms with Gasteiger partial charge in [-0.15, -0.1) is 0 Å². The zero-order valence-electron chi connectivity index (χ0n) is 13.2. The number of nitrogens with one attached hydrogen (secondary N) is 2. The average molecular weight is 303 g/mol. The smallest absolute Gasteiger partial charge is 0.252 e. The van der Waals surface area contributed by atoms with Crippen LogP contribution in [-0.2, 0) is 0 Å². The Kier molecular flexibility index (Phi) is 5.04. The topological polar surface area (TPSA) is 76.2 Å². The summed E-state index contributed by atoms with van der Waals surface area (Å²) in [6.07, 6.45) is -0.383. The average Bonchev–Trinajstić information content (AvgIpc) is 2.46. The molecule has 22 heavy (non-hydrogen) atoms. The van der Waals surface area contributed by atoms with Crippen LogP contribution in [0.5, 0.6) is 11.5 Å². The van der Waals surface area contributed by atoms with E-state index >= 15 is 0 Å². The van der Waals surface area contributed by atoms with Crippen LogP contribution in [0.1, 0.15) is 32.6 Å². The van der Waals surface area contributed by atoms with Crippen molar-refractivity contribution in [3.8, 4) is 11.5 Å². The molecule has 0 aliphatic rings. The molecule has 1 unspecified atom stereocenters. The monoisotopic (exact) mass is 303 g/mol. The van der Waals surface area contributed by atoms with Crippen LogP contribution in [-0.4, -0.2) is 23.1 Å². The molecule has 6 heteroatoms. The number of benzene rings is 1. The van der Waals surface area contributed by atoms with Gasteiger partial charge in [0.25, 0.3) is 5.56 Å². The number of methoxy groups -OCH3 is 1. The van der Waals surface area contributed by atoms with Crippen LogP contribution >= 0.6 is 0 Å². The number of hydrogen-bond acceptors (Lipinski definition) is 5. The maximum atomic E-state index is 11.8. The molecule has 6 nitrogen and oxygen atoms in total. The van der Waals surface area contributed by atoms with E-state index in [0.717, 1.165) is 0 Å². The second-order valence-corrected chi connectivity index (χ2v) is 5.23. The van der Waals surface area contributed by atoms with Gasteiger partial charge in [0.15, 0.2) is 11.5 Å². The number of aromatic nitrogens is 2. The molecule has 1 aromatic heterocycles. The van der Waals surface area contributed by atoms with Crippen molar-refractivity contribution < 1.29 is 9.47 Å². The second kappa shape index (κ2) is 6.98. The van der Waals surface area contributed by atoms with E-state index in [0.29, 0.717) is 23.1 Å². The summed E-state index contributed by atoms with van der Waals surface area (Å²) >= 11 is 0. The van der Waals surface area contributed by atoms with Gasteiger partial charge < -0.3 is 14.8 Å². The molecule has 0 aliphatic heterocycles. The van der Waals surface area contributed by atoms with Crippen LogP contribution in [0.3, 0.4) is 0 Å². The number of H-pyrrole nitrogens is 1. The molecule has 0 fully saturated rings. The normalized spacial score (nSPS) is 12.0. The number of anilines is 1. The van der Waals surface area contributed by atoms with Gasteiger partial charge in [-0.1, -0.05) is 12.1 Å². The molecule has 1 heterocycles. The molecule has 1 aromatic carbocycles. The molecule has 0 amide bonds. The summed E-state index contributed by atoms with van der Waals surface area (Å²) in [5.41, 5.74) is 0.335. The van der Waals surface area contributed by atoms with E-state index in [2.05, 4.69) is 15.3 Å². The number of ether oxygens (including phenoxy) is 2. The van der Waals surface area contributed by atoms with Crippen molar-refractivity contribution >= 4 is 5.95 Å². The Bertz CT molecular complexity index is 682. The highest BCUT2D eigenvalue weighted by Crippen LogP contribution is 2.29. The van der Waals surface area contributed by atoms with Crippen molar-refractivity contribution in [1.82, 2.24) is 9.97 Å². The third kappa shape index (κ3) is 4.00. The second-order valence-electron chi connectivity index (χ2n) is 5.23. The lowest BCUT2D eigenvalue weighted by Crippen LogP contribution is -2.20. The summed E-state index contributed by atoms with van der Waals surface area (Å²) in [5, 5.41) is 3.08. The van der Waals surface area contributed by atoms with Gasteiger partial charge in [-0.3, -0.25) is 9.78 Å². The Hall–Kier alpha value is -2.50. The van der Waals surface area contributed by atoms with E-state index in [1.165, 1.54) is 6.07 Å². The Morgan fingerprint density at radius 2 is 1.86 bits per heavy atom. The largest absolute Gasteiger partial charge is 0.493 e. The van der Waals surface area contributed by atoms with Crippen LogP contribution < -0.4 is 20.3 Å². The van der Waals surface area contributed by atoms with Crippen molar-refractivity contribution in [1.29, 1.82) is 0 Å². The van der Waals surface area contributed by atoms with Crippen molar-refractivity contribution in [2.24, 2.45) is 0 Å². The van der Waals surface area contributed by atoms with E-state index in [9.17, 15) is 4.79 Å². The fraction of sp³-hybridized carbons (Fsp3) is 0.375. The molecule has 0 aliphatic carbocycles. The highest BCUT2D eigenvalue weighted by molar-refractivity contribution is 5.39. The minimum absolute atomic E-state index is 0.170. The van der Waals surface area contributed by atoms with E-state index in [4.69, 9.17) is 9.47 Å². The molecule has 0 saturated carbocycles. The first-order valence-corrected chi connectivity index (χ1v) is 7.17. The maximum Gasteiger partial charge on any atom is 0.252 e. The van der Waals surface area contributed by atoms with E-state index in [1.54, 1.807) is 7.11 Å². The van der Waals surface area contributed by atoms with Gasteiger partial charge in [-0.25, -0.2) is 4.98 Å². The Morgan fingerprint density at radius 1 is 1.18 bits per heavy atom. The van der Waals surface area contributed by atoms with Crippen molar-refractivity contribution in [3.05, 3.63) is 46.4 Å². The van der Waals surface area contributed by atoms with Crippen molar-refractivity contribution in [3.63, 3.8) is 0 Å². The first-order valence-electron chi connectivity index (χ1n) is 7.17. The summed E-state index contributed by atoms with van der Waals surface area (Å²) < 4.78 is 11.1. The first-order chi connectivity index (χ1) is 10.5. The fourth-order valence-electron chi connectivity index (χ4n) is 1.99. The quantitative estimate of drug-likeness (QED) is 0.858. The fourth-order valence-corrected chi connectivity index (χ4v) is 1.99. The standard InChI is InChI=1S/C16H21N3O3/c1-10(2)17-16-18-12(9-15(20)19-16)11(3)22-14-8-6-5-7-13(14)21-4/h5-11H,1-4H3,(H2,17,18,19,20). The molecular weight excluding hydrogens is 282 g/mol. The van der Waals surface area contributed by atoms with Gasteiger partial charge in [0.2, 0.25) is 5.95 Å².